The Hall–Kier alpha value is -2.14. The van der Waals surface area contributed by atoms with E-state index in [9.17, 15) is 13.2 Å². The van der Waals surface area contributed by atoms with Gasteiger partial charge < -0.3 is 4.74 Å². The molecule has 0 amide bonds. The van der Waals surface area contributed by atoms with Gasteiger partial charge in [0, 0.05) is 6.42 Å². The molecule has 0 fully saturated rings. The van der Waals surface area contributed by atoms with Crippen molar-refractivity contribution in [3.05, 3.63) is 64.7 Å². The van der Waals surface area contributed by atoms with Gasteiger partial charge in [0.05, 0.1) is 10.6 Å². The molecule has 0 bridgehead atoms. The summed E-state index contributed by atoms with van der Waals surface area (Å²) in [6.45, 7) is 14.0. The van der Waals surface area contributed by atoms with E-state index in [2.05, 4.69) is 0 Å². The Labute approximate surface area is 182 Å². The summed E-state index contributed by atoms with van der Waals surface area (Å²) in [7, 11) is -3.14. The molecule has 5 heteroatoms. The van der Waals surface area contributed by atoms with E-state index in [4.69, 9.17) is 4.74 Å². The van der Waals surface area contributed by atoms with Crippen LogP contribution in [0.3, 0.4) is 0 Å². The number of ether oxygens (including phenoxy) is 1. The van der Waals surface area contributed by atoms with Gasteiger partial charge in [0.1, 0.15) is 6.61 Å². The topological polar surface area (TPSA) is 60.4 Å². The molecular weight excluding hydrogens is 396 g/mol. The van der Waals surface area contributed by atoms with E-state index in [1.165, 1.54) is 0 Å². The van der Waals surface area contributed by atoms with Gasteiger partial charge in [0.2, 0.25) is 0 Å². The van der Waals surface area contributed by atoms with Gasteiger partial charge in [0.15, 0.2) is 9.84 Å². The maximum absolute atomic E-state index is 12.2. The SMILES string of the molecule is CC(C)CC(=O)OCc1ccccc1.Cc1cc(C)c(S(=O)(=O)CC(C)C)c(C)c1. The van der Waals surface area contributed by atoms with E-state index in [1.807, 2.05) is 90.9 Å². The molecule has 0 N–H and O–H groups in total. The standard InChI is InChI=1S/C13H20O2S.C12H16O2/c1-9(2)8-16(14,15)13-11(4)6-10(3)7-12(13)5;1-10(2)8-12(13)14-9-11-6-4-3-5-7-11/h6-7,9H,8H2,1-5H3;3-7,10H,8-9H2,1-2H3. The summed E-state index contributed by atoms with van der Waals surface area (Å²) in [6, 6.07) is 13.6. The molecule has 2 aromatic rings. The average Bonchev–Trinajstić information content (AvgIpc) is 2.58. The third kappa shape index (κ3) is 9.12. The maximum Gasteiger partial charge on any atom is 0.306 e. The normalized spacial score (nSPS) is 11.2. The van der Waals surface area contributed by atoms with Gasteiger partial charge in [0.25, 0.3) is 0 Å². The summed E-state index contributed by atoms with van der Waals surface area (Å²) in [4.78, 5) is 11.7. The Morgan fingerprint density at radius 1 is 0.900 bits per heavy atom. The molecule has 0 aliphatic carbocycles. The molecule has 30 heavy (non-hydrogen) atoms. The Morgan fingerprint density at radius 3 is 1.90 bits per heavy atom. The molecule has 2 aromatic carbocycles. The Kier molecular flexibility index (Phi) is 10.3. The lowest BCUT2D eigenvalue weighted by molar-refractivity contribution is -0.145. The van der Waals surface area contributed by atoms with Crippen molar-refractivity contribution in [1.29, 1.82) is 0 Å². The predicted molar refractivity (Wildman–Crippen MR) is 123 cm³/mol. The summed E-state index contributed by atoms with van der Waals surface area (Å²) in [5.41, 5.74) is 3.86. The molecular formula is C25H36O4S. The highest BCUT2D eigenvalue weighted by Crippen LogP contribution is 2.24. The Bertz CT molecular complexity index is 890. The third-order valence-corrected chi connectivity index (χ3v) is 6.66. The van der Waals surface area contributed by atoms with E-state index in [0.29, 0.717) is 23.8 Å². The van der Waals surface area contributed by atoms with E-state index in [1.54, 1.807) is 0 Å². The molecule has 0 radical (unpaired) electrons. The Morgan fingerprint density at radius 2 is 1.43 bits per heavy atom. The highest BCUT2D eigenvalue weighted by atomic mass is 32.2. The molecule has 0 heterocycles. The number of hydrogen-bond acceptors (Lipinski definition) is 4. The number of aryl methyl sites for hydroxylation is 3. The molecule has 0 saturated carbocycles. The Balaban J connectivity index is 0.000000303. The van der Waals surface area contributed by atoms with Crippen LogP contribution in [-0.4, -0.2) is 20.1 Å². The predicted octanol–water partition coefficient (Wildman–Crippen LogP) is 5.82. The van der Waals surface area contributed by atoms with Crippen molar-refractivity contribution in [2.24, 2.45) is 11.8 Å². The first-order valence-corrected chi connectivity index (χ1v) is 12.1. The largest absolute Gasteiger partial charge is 0.461 e. The molecule has 0 atom stereocenters. The first-order chi connectivity index (χ1) is 13.9. The number of sulfone groups is 1. The molecule has 2 rings (SSSR count). The van der Waals surface area contributed by atoms with Crippen LogP contribution in [-0.2, 0) is 26.0 Å². The van der Waals surface area contributed by atoms with Gasteiger partial charge in [-0.1, -0.05) is 75.7 Å². The van der Waals surface area contributed by atoms with Crippen LogP contribution in [0, 0.1) is 32.6 Å². The second-order valence-corrected chi connectivity index (χ2v) is 10.6. The van der Waals surface area contributed by atoms with Gasteiger partial charge in [-0.3, -0.25) is 4.79 Å². The summed E-state index contributed by atoms with van der Waals surface area (Å²) >= 11 is 0. The number of rotatable bonds is 7. The van der Waals surface area contributed by atoms with Gasteiger partial charge >= 0.3 is 5.97 Å². The highest BCUT2D eigenvalue weighted by molar-refractivity contribution is 7.91. The van der Waals surface area contributed by atoms with Crippen LogP contribution in [0.4, 0.5) is 0 Å². The van der Waals surface area contributed by atoms with Crippen LogP contribution >= 0.6 is 0 Å². The zero-order chi connectivity index (χ0) is 22.9. The third-order valence-electron chi connectivity index (χ3n) is 4.29. The van der Waals surface area contributed by atoms with Crippen LogP contribution < -0.4 is 0 Å². The molecule has 0 aliphatic rings. The van der Waals surface area contributed by atoms with Crippen LogP contribution in [0.15, 0.2) is 47.4 Å². The van der Waals surface area contributed by atoms with Crippen LogP contribution in [0.2, 0.25) is 0 Å². The number of hydrogen-bond donors (Lipinski definition) is 0. The number of benzene rings is 2. The van der Waals surface area contributed by atoms with Gasteiger partial charge in [-0.05, 0) is 49.3 Å². The molecule has 4 nitrogen and oxygen atoms in total. The van der Waals surface area contributed by atoms with Crippen molar-refractivity contribution in [2.45, 2.75) is 66.4 Å². The van der Waals surface area contributed by atoms with Gasteiger partial charge in [-0.15, -0.1) is 0 Å². The number of carbonyl (C=O) groups excluding carboxylic acids is 1. The smallest absolute Gasteiger partial charge is 0.306 e. The van der Waals surface area contributed by atoms with Crippen molar-refractivity contribution in [3.8, 4) is 0 Å². The highest BCUT2D eigenvalue weighted by Gasteiger charge is 2.21. The van der Waals surface area contributed by atoms with Crippen molar-refractivity contribution in [1.82, 2.24) is 0 Å². The quantitative estimate of drug-likeness (QED) is 0.517. The minimum Gasteiger partial charge on any atom is -0.461 e. The lowest BCUT2D eigenvalue weighted by atomic mass is 10.1. The lowest BCUT2D eigenvalue weighted by Crippen LogP contribution is -2.14. The van der Waals surface area contributed by atoms with Crippen molar-refractivity contribution < 1.29 is 17.9 Å². The summed E-state index contributed by atoms with van der Waals surface area (Å²) in [5.74, 6) is 0.616. The molecule has 0 aromatic heterocycles. The molecule has 166 valence electrons. The second-order valence-electron chi connectivity index (χ2n) is 8.65. The van der Waals surface area contributed by atoms with Crippen LogP contribution in [0.1, 0.15) is 56.4 Å². The fraction of sp³-hybridized carbons (Fsp3) is 0.480. The van der Waals surface area contributed by atoms with Gasteiger partial charge in [-0.25, -0.2) is 8.42 Å². The monoisotopic (exact) mass is 432 g/mol. The van der Waals surface area contributed by atoms with Gasteiger partial charge in [-0.2, -0.15) is 0 Å². The first-order valence-electron chi connectivity index (χ1n) is 10.4. The minimum absolute atomic E-state index is 0.121. The zero-order valence-electron chi connectivity index (χ0n) is 19.4. The molecule has 0 unspecified atom stereocenters. The fourth-order valence-electron chi connectivity index (χ4n) is 3.31. The van der Waals surface area contributed by atoms with E-state index in [-0.39, 0.29) is 17.6 Å². The lowest BCUT2D eigenvalue weighted by Gasteiger charge is -2.13. The first kappa shape index (κ1) is 25.9. The van der Waals surface area contributed by atoms with Crippen LogP contribution in [0.25, 0.3) is 0 Å². The van der Waals surface area contributed by atoms with Crippen LogP contribution in [0.5, 0.6) is 0 Å². The number of carbonyl (C=O) groups is 1. The van der Waals surface area contributed by atoms with E-state index >= 15 is 0 Å². The summed E-state index contributed by atoms with van der Waals surface area (Å²) in [5, 5.41) is 0. The molecule has 0 saturated heterocycles. The molecule has 0 aliphatic heterocycles. The number of esters is 1. The summed E-state index contributed by atoms with van der Waals surface area (Å²) in [6.07, 6.45) is 0.493. The second kappa shape index (κ2) is 11.9. The maximum atomic E-state index is 12.2. The van der Waals surface area contributed by atoms with Crippen molar-refractivity contribution >= 4 is 15.8 Å². The van der Waals surface area contributed by atoms with E-state index in [0.717, 1.165) is 22.3 Å². The molecule has 0 spiro atoms. The van der Waals surface area contributed by atoms with Crippen molar-refractivity contribution in [2.75, 3.05) is 5.75 Å². The van der Waals surface area contributed by atoms with Crippen molar-refractivity contribution in [3.63, 3.8) is 0 Å². The fourth-order valence-corrected chi connectivity index (χ4v) is 5.45. The average molecular weight is 433 g/mol. The zero-order valence-corrected chi connectivity index (χ0v) is 20.2. The summed E-state index contributed by atoms with van der Waals surface area (Å²) < 4.78 is 29.5. The van der Waals surface area contributed by atoms with E-state index < -0.39 is 9.84 Å². The minimum atomic E-state index is -3.14.